The number of nitrogens with zero attached hydrogens (tertiary/aromatic N) is 1. The molecule has 3 heterocycles. The van der Waals surface area contributed by atoms with E-state index < -0.39 is 7.92 Å². The van der Waals surface area contributed by atoms with Crippen molar-refractivity contribution < 1.29 is 4.42 Å². The van der Waals surface area contributed by atoms with E-state index in [0.717, 1.165) is 60.4 Å². The summed E-state index contributed by atoms with van der Waals surface area (Å²) in [5, 5.41) is 3.72. The lowest BCUT2D eigenvalue weighted by atomic mass is 9.90. The van der Waals surface area contributed by atoms with Crippen molar-refractivity contribution in [3.05, 3.63) is 87.7 Å². The second kappa shape index (κ2) is 10.6. The first-order valence-electron chi connectivity index (χ1n) is 12.5. The topological polar surface area (TPSA) is 59.5 Å². The summed E-state index contributed by atoms with van der Waals surface area (Å²) in [6, 6.07) is 14.4. The Balaban J connectivity index is 0.00000133. The van der Waals surface area contributed by atoms with Crippen molar-refractivity contribution in [2.24, 2.45) is 5.73 Å². The van der Waals surface area contributed by atoms with Crippen molar-refractivity contribution in [1.82, 2.24) is 0 Å². The Bertz CT molecular complexity index is 1270. The van der Waals surface area contributed by atoms with Crippen molar-refractivity contribution in [3.63, 3.8) is 0 Å². The summed E-state index contributed by atoms with van der Waals surface area (Å²) in [7, 11) is -1.15. The van der Waals surface area contributed by atoms with Gasteiger partial charge in [0.2, 0.25) is 0 Å². The van der Waals surface area contributed by atoms with Crippen LogP contribution in [0.15, 0.2) is 75.3 Å². The number of rotatable bonds is 5. The normalized spacial score (nSPS) is 15.9. The van der Waals surface area contributed by atoms with Crippen LogP contribution in [0.2, 0.25) is 0 Å². The second-order valence-electron chi connectivity index (χ2n) is 8.59. The molecule has 0 bridgehead atoms. The molecule has 0 aliphatic carbocycles. The molecule has 2 aromatic carbocycles. The number of hydrogen-bond donors (Lipinski definition) is 1. The van der Waals surface area contributed by atoms with Crippen LogP contribution in [0.25, 0.3) is 11.0 Å². The maximum Gasteiger partial charge on any atom is 0.344 e. The molecule has 0 saturated carbocycles. The molecule has 2 N–H and O–H groups in total. The molecule has 1 atom stereocenters. The van der Waals surface area contributed by atoms with Crippen LogP contribution in [-0.4, -0.2) is 13.1 Å². The number of nitrogens with two attached hydrogens (primary N) is 1. The molecular weight excluding hydrogens is 439 g/mol. The maximum atomic E-state index is 13.5. The van der Waals surface area contributed by atoms with Gasteiger partial charge in [-0.1, -0.05) is 63.8 Å². The molecule has 5 rings (SSSR count). The van der Waals surface area contributed by atoms with E-state index in [4.69, 9.17) is 10.2 Å². The van der Waals surface area contributed by atoms with E-state index >= 15 is 0 Å². The lowest BCUT2D eigenvalue weighted by molar-refractivity contribution is 0.554. The minimum Gasteiger partial charge on any atom is -0.422 e. The van der Waals surface area contributed by atoms with Gasteiger partial charge in [0, 0.05) is 40.7 Å². The van der Waals surface area contributed by atoms with Crippen LogP contribution in [0, 0.1) is 0 Å². The van der Waals surface area contributed by atoms with Crippen LogP contribution in [0.3, 0.4) is 0 Å². The SMILES string of the molecule is C=C(N)/C(=C\CC)P(c1ccccc1)c1cc2cc3c4c(c2oc1=O)CCCN4CCC3.CC. The average molecular weight is 475 g/mol. The third kappa shape index (κ3) is 4.44. The van der Waals surface area contributed by atoms with Gasteiger partial charge in [0.05, 0.1) is 5.30 Å². The molecule has 178 valence electrons. The number of fused-ring (bicyclic) bond motifs is 2. The lowest BCUT2D eigenvalue weighted by Gasteiger charge is -2.37. The zero-order valence-corrected chi connectivity index (χ0v) is 21.5. The van der Waals surface area contributed by atoms with Gasteiger partial charge >= 0.3 is 5.63 Å². The van der Waals surface area contributed by atoms with Crippen molar-refractivity contribution in [3.8, 4) is 0 Å². The summed E-state index contributed by atoms with van der Waals surface area (Å²) in [4.78, 5) is 15.9. The third-order valence-corrected chi connectivity index (χ3v) is 8.98. The van der Waals surface area contributed by atoms with Crippen molar-refractivity contribution in [2.45, 2.75) is 52.9 Å². The van der Waals surface area contributed by atoms with Gasteiger partial charge in [0.15, 0.2) is 0 Å². The molecular formula is C29H35N2O2P. The Hall–Kier alpha value is -2.84. The van der Waals surface area contributed by atoms with E-state index in [1.54, 1.807) is 0 Å². The Morgan fingerprint density at radius 2 is 1.85 bits per heavy atom. The minimum atomic E-state index is -1.15. The van der Waals surface area contributed by atoms with Crippen molar-refractivity contribution in [2.75, 3.05) is 18.0 Å². The molecule has 2 aliphatic rings. The fourth-order valence-electron chi connectivity index (χ4n) is 5.14. The highest BCUT2D eigenvalue weighted by atomic mass is 31.1. The van der Waals surface area contributed by atoms with Crippen LogP contribution < -0.4 is 26.9 Å². The Kier molecular flexibility index (Phi) is 7.58. The van der Waals surface area contributed by atoms with Gasteiger partial charge in [-0.15, -0.1) is 0 Å². The zero-order chi connectivity index (χ0) is 24.2. The van der Waals surface area contributed by atoms with Gasteiger partial charge < -0.3 is 15.1 Å². The van der Waals surface area contributed by atoms with Crippen LogP contribution in [-0.2, 0) is 12.8 Å². The molecule has 1 unspecified atom stereocenters. The Morgan fingerprint density at radius 3 is 2.53 bits per heavy atom. The van der Waals surface area contributed by atoms with Crippen LogP contribution in [0.5, 0.6) is 0 Å². The number of anilines is 1. The first kappa shape index (κ1) is 24.3. The van der Waals surface area contributed by atoms with Gasteiger partial charge in [-0.25, -0.2) is 4.79 Å². The molecule has 0 amide bonds. The molecule has 1 aromatic heterocycles. The molecule has 0 saturated heterocycles. The maximum absolute atomic E-state index is 13.5. The zero-order valence-electron chi connectivity index (χ0n) is 20.6. The molecule has 3 aromatic rings. The van der Waals surface area contributed by atoms with Crippen LogP contribution in [0.1, 0.15) is 51.2 Å². The first-order valence-corrected chi connectivity index (χ1v) is 13.8. The van der Waals surface area contributed by atoms with E-state index in [-0.39, 0.29) is 5.63 Å². The summed E-state index contributed by atoms with van der Waals surface area (Å²) in [6.45, 7) is 12.3. The fourth-order valence-corrected chi connectivity index (χ4v) is 7.57. The molecule has 2 aliphatic heterocycles. The first-order chi connectivity index (χ1) is 16.6. The Morgan fingerprint density at radius 1 is 1.15 bits per heavy atom. The van der Waals surface area contributed by atoms with Gasteiger partial charge in [-0.05, 0) is 63.0 Å². The molecule has 0 fully saturated rings. The van der Waals surface area contributed by atoms with Crippen molar-refractivity contribution >= 4 is 35.2 Å². The molecule has 5 heteroatoms. The standard InChI is InChI=1S/C27H29N2O2P.C2H6/c1-3-9-23(18(2)28)32(21-11-5-4-6-12-21)24-17-20-16-19-10-7-14-29-15-8-13-22(25(19)29)26(20)31-27(24)30;1-2/h4-6,9,11-12,16-17H,2-3,7-8,10,13-15,28H2,1H3;1-2H3/b23-9+;. The Labute approximate surface area is 203 Å². The summed E-state index contributed by atoms with van der Waals surface area (Å²) in [5.74, 6) is 0. The summed E-state index contributed by atoms with van der Waals surface area (Å²) < 4.78 is 6.11. The van der Waals surface area contributed by atoms with Gasteiger partial charge in [-0.3, -0.25) is 0 Å². The quantitative estimate of drug-likeness (QED) is 0.292. The van der Waals surface area contributed by atoms with E-state index in [2.05, 4.69) is 48.7 Å². The van der Waals surface area contributed by atoms with Crippen LogP contribution in [0.4, 0.5) is 5.69 Å². The van der Waals surface area contributed by atoms with Crippen LogP contribution >= 0.6 is 7.92 Å². The highest BCUT2D eigenvalue weighted by Crippen LogP contribution is 2.46. The second-order valence-corrected chi connectivity index (χ2v) is 10.7. The van der Waals surface area contributed by atoms with Gasteiger partial charge in [0.1, 0.15) is 5.58 Å². The molecule has 0 radical (unpaired) electrons. The smallest absolute Gasteiger partial charge is 0.344 e. The largest absolute Gasteiger partial charge is 0.422 e. The third-order valence-electron chi connectivity index (χ3n) is 6.42. The molecule has 4 nitrogen and oxygen atoms in total. The highest BCUT2D eigenvalue weighted by molar-refractivity contribution is 7.77. The van der Waals surface area contributed by atoms with E-state index in [1.165, 1.54) is 23.2 Å². The predicted molar refractivity (Wildman–Crippen MR) is 147 cm³/mol. The van der Waals surface area contributed by atoms with Gasteiger partial charge in [0.25, 0.3) is 0 Å². The van der Waals surface area contributed by atoms with E-state index in [0.29, 0.717) is 11.0 Å². The average Bonchev–Trinajstić information content (AvgIpc) is 2.86. The summed E-state index contributed by atoms with van der Waals surface area (Å²) >= 11 is 0. The summed E-state index contributed by atoms with van der Waals surface area (Å²) in [6.07, 6.45) is 7.24. The van der Waals surface area contributed by atoms with Gasteiger partial charge in [-0.2, -0.15) is 0 Å². The van der Waals surface area contributed by atoms with Crippen molar-refractivity contribution in [1.29, 1.82) is 0 Å². The monoisotopic (exact) mass is 474 g/mol. The molecule has 0 spiro atoms. The summed E-state index contributed by atoms with van der Waals surface area (Å²) in [5.41, 5.74) is 11.2. The number of hydrogen-bond acceptors (Lipinski definition) is 4. The minimum absolute atomic E-state index is 0.264. The number of benzene rings is 2. The van der Waals surface area contributed by atoms with E-state index in [1.807, 2.05) is 32.0 Å². The van der Waals surface area contributed by atoms with E-state index in [9.17, 15) is 4.79 Å². The molecule has 34 heavy (non-hydrogen) atoms. The fraction of sp³-hybridized carbons (Fsp3) is 0.345. The highest BCUT2D eigenvalue weighted by Gasteiger charge is 2.29. The predicted octanol–water partition coefficient (Wildman–Crippen LogP) is 5.72. The number of aryl methyl sites for hydroxylation is 2. The number of allylic oxidation sites excluding steroid dienone is 2. The lowest BCUT2D eigenvalue weighted by Crippen LogP contribution is -2.35.